The van der Waals surface area contributed by atoms with Crippen LogP contribution in [0.5, 0.6) is 0 Å². The Morgan fingerprint density at radius 3 is 2.93 bits per heavy atom. The number of aromatic nitrogens is 2. The van der Waals surface area contributed by atoms with Gasteiger partial charge in [0, 0.05) is 12.0 Å². The van der Waals surface area contributed by atoms with Crippen LogP contribution in [0.2, 0.25) is 5.15 Å². The van der Waals surface area contributed by atoms with Crippen LogP contribution in [-0.2, 0) is 0 Å². The molecule has 0 radical (unpaired) electrons. The zero-order valence-corrected chi connectivity index (χ0v) is 10.4. The van der Waals surface area contributed by atoms with E-state index in [0.717, 1.165) is 16.6 Å². The second-order valence-corrected chi connectivity index (χ2v) is 5.37. The maximum atomic E-state index is 5.97. The van der Waals surface area contributed by atoms with E-state index < -0.39 is 0 Å². The van der Waals surface area contributed by atoms with Crippen LogP contribution in [0.3, 0.4) is 0 Å². The smallest absolute Gasteiger partial charge is 0.134 e. The molecule has 0 spiro atoms. The van der Waals surface area contributed by atoms with Crippen molar-refractivity contribution in [3.63, 3.8) is 0 Å². The number of hydrogen-bond acceptors (Lipinski definition) is 3. The van der Waals surface area contributed by atoms with Gasteiger partial charge in [-0.25, -0.2) is 9.97 Å². The van der Waals surface area contributed by atoms with Crippen LogP contribution in [0.15, 0.2) is 11.1 Å². The van der Waals surface area contributed by atoms with Gasteiger partial charge >= 0.3 is 0 Å². The van der Waals surface area contributed by atoms with Gasteiger partial charge in [-0.2, -0.15) is 0 Å². The molecule has 1 aliphatic carbocycles. The van der Waals surface area contributed by atoms with Crippen molar-refractivity contribution in [2.75, 3.05) is 5.75 Å². The Bertz CT molecular complexity index is 339. The largest absolute Gasteiger partial charge is 0.226 e. The van der Waals surface area contributed by atoms with Gasteiger partial charge in [-0.3, -0.25) is 0 Å². The maximum Gasteiger partial charge on any atom is 0.134 e. The van der Waals surface area contributed by atoms with Crippen molar-refractivity contribution in [3.8, 4) is 0 Å². The lowest BCUT2D eigenvalue weighted by molar-refractivity contribution is 0.869. The number of thioether (sulfide) groups is 1. The van der Waals surface area contributed by atoms with Crippen molar-refractivity contribution in [1.82, 2.24) is 9.97 Å². The molecule has 0 atom stereocenters. The van der Waals surface area contributed by atoms with Gasteiger partial charge in [0.05, 0.1) is 0 Å². The standard InChI is InChI=1S/C11H15ClN2S/c1-2-3-6-15-10-7-9(12)13-11(14-10)8-4-5-8/h7-8H,2-6H2,1H3. The van der Waals surface area contributed by atoms with Gasteiger partial charge in [0.25, 0.3) is 0 Å². The minimum atomic E-state index is 0.578. The van der Waals surface area contributed by atoms with Gasteiger partial charge in [-0.15, -0.1) is 11.8 Å². The second kappa shape index (κ2) is 5.17. The molecular formula is C11H15ClN2S. The molecule has 0 aromatic carbocycles. The first-order valence-electron chi connectivity index (χ1n) is 5.47. The minimum absolute atomic E-state index is 0.578. The predicted molar refractivity (Wildman–Crippen MR) is 64.6 cm³/mol. The molecule has 0 N–H and O–H groups in total. The number of hydrogen-bond donors (Lipinski definition) is 0. The second-order valence-electron chi connectivity index (χ2n) is 3.86. The minimum Gasteiger partial charge on any atom is -0.226 e. The summed E-state index contributed by atoms with van der Waals surface area (Å²) in [6.45, 7) is 2.20. The third kappa shape index (κ3) is 3.35. The van der Waals surface area contributed by atoms with Gasteiger partial charge in [0.2, 0.25) is 0 Å². The fourth-order valence-corrected chi connectivity index (χ4v) is 2.58. The van der Waals surface area contributed by atoms with Crippen molar-refractivity contribution in [2.45, 2.75) is 43.6 Å². The Balaban J connectivity index is 2.02. The molecule has 0 aliphatic heterocycles. The number of nitrogens with zero attached hydrogens (tertiary/aromatic N) is 2. The zero-order valence-electron chi connectivity index (χ0n) is 8.87. The maximum absolute atomic E-state index is 5.97. The Labute approximate surface area is 99.8 Å². The first-order valence-corrected chi connectivity index (χ1v) is 6.83. The van der Waals surface area contributed by atoms with Gasteiger partial charge in [0.1, 0.15) is 16.0 Å². The topological polar surface area (TPSA) is 25.8 Å². The van der Waals surface area contributed by atoms with E-state index in [4.69, 9.17) is 11.6 Å². The summed E-state index contributed by atoms with van der Waals surface area (Å²) in [6, 6.07) is 1.87. The molecule has 1 heterocycles. The first-order chi connectivity index (χ1) is 7.29. The van der Waals surface area contributed by atoms with Crippen LogP contribution in [0.4, 0.5) is 0 Å². The number of halogens is 1. The van der Waals surface area contributed by atoms with E-state index in [9.17, 15) is 0 Å². The van der Waals surface area contributed by atoms with E-state index in [1.54, 1.807) is 11.8 Å². The quantitative estimate of drug-likeness (QED) is 0.445. The van der Waals surface area contributed by atoms with Crippen LogP contribution in [0.1, 0.15) is 44.3 Å². The summed E-state index contributed by atoms with van der Waals surface area (Å²) in [6.07, 6.45) is 4.89. The SMILES string of the molecule is CCCCSc1cc(Cl)nc(C2CC2)n1. The molecular weight excluding hydrogens is 228 g/mol. The molecule has 82 valence electrons. The van der Waals surface area contributed by atoms with E-state index in [1.165, 1.54) is 25.7 Å². The summed E-state index contributed by atoms with van der Waals surface area (Å²) in [5.41, 5.74) is 0. The van der Waals surface area contributed by atoms with Crippen molar-refractivity contribution < 1.29 is 0 Å². The Hall–Kier alpha value is -0.280. The lowest BCUT2D eigenvalue weighted by Crippen LogP contribution is -1.94. The zero-order chi connectivity index (χ0) is 10.7. The van der Waals surface area contributed by atoms with E-state index in [2.05, 4.69) is 16.9 Å². The summed E-state index contributed by atoms with van der Waals surface area (Å²) in [5, 5.41) is 1.62. The lowest BCUT2D eigenvalue weighted by Gasteiger charge is -2.03. The molecule has 1 aliphatic rings. The molecule has 2 rings (SSSR count). The summed E-state index contributed by atoms with van der Waals surface area (Å²) in [4.78, 5) is 8.80. The third-order valence-electron chi connectivity index (χ3n) is 2.38. The highest BCUT2D eigenvalue weighted by molar-refractivity contribution is 7.99. The van der Waals surface area contributed by atoms with Crippen LogP contribution >= 0.6 is 23.4 Å². The van der Waals surface area contributed by atoms with E-state index in [-0.39, 0.29) is 0 Å². The highest BCUT2D eigenvalue weighted by Crippen LogP contribution is 2.39. The van der Waals surface area contributed by atoms with E-state index in [0.29, 0.717) is 11.1 Å². The molecule has 1 fully saturated rings. The summed E-state index contributed by atoms with van der Waals surface area (Å²) >= 11 is 7.75. The van der Waals surface area contributed by atoms with E-state index in [1.807, 2.05) is 6.07 Å². The molecule has 0 bridgehead atoms. The number of rotatable bonds is 5. The fraction of sp³-hybridized carbons (Fsp3) is 0.636. The van der Waals surface area contributed by atoms with Crippen LogP contribution in [0.25, 0.3) is 0 Å². The summed E-state index contributed by atoms with van der Waals surface area (Å²) < 4.78 is 0. The highest BCUT2D eigenvalue weighted by atomic mass is 35.5. The first kappa shape index (κ1) is 11.2. The van der Waals surface area contributed by atoms with Crippen LogP contribution in [-0.4, -0.2) is 15.7 Å². The Morgan fingerprint density at radius 1 is 1.47 bits per heavy atom. The average Bonchev–Trinajstić information content (AvgIpc) is 3.00. The molecule has 1 aromatic heterocycles. The van der Waals surface area contributed by atoms with E-state index >= 15 is 0 Å². The normalized spacial score (nSPS) is 15.6. The highest BCUT2D eigenvalue weighted by Gasteiger charge is 2.27. The molecule has 2 nitrogen and oxygen atoms in total. The Kier molecular flexibility index (Phi) is 3.87. The van der Waals surface area contributed by atoms with Crippen molar-refractivity contribution in [2.24, 2.45) is 0 Å². The van der Waals surface area contributed by atoms with Crippen LogP contribution in [0, 0.1) is 0 Å². The molecule has 0 saturated heterocycles. The average molecular weight is 243 g/mol. The molecule has 15 heavy (non-hydrogen) atoms. The van der Waals surface area contributed by atoms with Gasteiger partial charge < -0.3 is 0 Å². The molecule has 1 saturated carbocycles. The molecule has 0 amide bonds. The molecule has 1 aromatic rings. The van der Waals surface area contributed by atoms with Crippen LogP contribution < -0.4 is 0 Å². The third-order valence-corrected chi connectivity index (χ3v) is 3.57. The molecule has 0 unspecified atom stereocenters. The lowest BCUT2D eigenvalue weighted by atomic mass is 10.4. The fourth-order valence-electron chi connectivity index (χ4n) is 1.33. The predicted octanol–water partition coefficient (Wildman–Crippen LogP) is 3.90. The van der Waals surface area contributed by atoms with Crippen molar-refractivity contribution in [1.29, 1.82) is 0 Å². The summed E-state index contributed by atoms with van der Waals surface area (Å²) in [5.74, 6) is 2.64. The monoisotopic (exact) mass is 242 g/mol. The Morgan fingerprint density at radius 2 is 2.27 bits per heavy atom. The number of unbranched alkanes of at least 4 members (excludes halogenated alkanes) is 1. The van der Waals surface area contributed by atoms with Gasteiger partial charge in [0.15, 0.2) is 0 Å². The van der Waals surface area contributed by atoms with Gasteiger partial charge in [-0.1, -0.05) is 24.9 Å². The molecule has 4 heteroatoms. The van der Waals surface area contributed by atoms with Crippen molar-refractivity contribution in [3.05, 3.63) is 17.0 Å². The summed E-state index contributed by atoms with van der Waals surface area (Å²) in [7, 11) is 0. The van der Waals surface area contributed by atoms with Gasteiger partial charge in [-0.05, 0) is 25.0 Å². The van der Waals surface area contributed by atoms with Crippen molar-refractivity contribution >= 4 is 23.4 Å².